The maximum atomic E-state index is 12.2. The van der Waals surface area contributed by atoms with Crippen molar-refractivity contribution in [3.63, 3.8) is 0 Å². The Morgan fingerprint density at radius 2 is 1.10 bits per heavy atom. The zero-order valence-electron chi connectivity index (χ0n) is 31.2. The SMILES string of the molecule is C=C(C)C(=O)OC12CC3CC(CC(CO)(C3)C1)C2.C=C(C)C(=O)OC12CC3CC(CC(COC(OC)C(C)C)(C3)C1)C2.CC(C)C(C)Cl. The Hall–Kier alpha value is -1.41. The van der Waals surface area contributed by atoms with Crippen LogP contribution < -0.4 is 0 Å². The largest absolute Gasteiger partial charge is 0.456 e. The lowest BCUT2D eigenvalue weighted by Crippen LogP contribution is -2.59. The molecule has 6 atom stereocenters. The van der Waals surface area contributed by atoms with E-state index in [0.29, 0.717) is 58.6 Å². The fourth-order valence-electron chi connectivity index (χ4n) is 10.7. The number of carbonyl (C=O) groups is 2. The van der Waals surface area contributed by atoms with Gasteiger partial charge in [-0.25, -0.2) is 9.59 Å². The van der Waals surface area contributed by atoms with E-state index in [9.17, 15) is 14.7 Å². The van der Waals surface area contributed by atoms with E-state index in [1.807, 2.05) is 6.92 Å². The van der Waals surface area contributed by atoms with Crippen molar-refractivity contribution >= 4 is 23.5 Å². The number of halogens is 1. The predicted molar refractivity (Wildman–Crippen MR) is 190 cm³/mol. The highest BCUT2D eigenvalue weighted by Gasteiger charge is 2.61. The van der Waals surface area contributed by atoms with Gasteiger partial charge in [-0.1, -0.05) is 40.9 Å². The first-order valence-corrected chi connectivity index (χ1v) is 19.0. The second-order valence-electron chi connectivity index (χ2n) is 17.9. The fourth-order valence-corrected chi connectivity index (χ4v) is 10.7. The lowest BCUT2D eigenvalue weighted by molar-refractivity contribution is -0.228. The molecule has 6 unspecified atom stereocenters. The van der Waals surface area contributed by atoms with Crippen molar-refractivity contribution in [2.75, 3.05) is 20.3 Å². The van der Waals surface area contributed by atoms with Crippen molar-refractivity contribution in [2.45, 2.75) is 148 Å². The number of methoxy groups -OCH3 is 1. The third kappa shape index (κ3) is 9.27. The minimum Gasteiger partial charge on any atom is -0.456 e. The number of rotatable bonds is 11. The molecule has 8 bridgehead atoms. The molecule has 48 heavy (non-hydrogen) atoms. The summed E-state index contributed by atoms with van der Waals surface area (Å²) in [4.78, 5) is 24.0. The summed E-state index contributed by atoms with van der Waals surface area (Å²) in [5, 5.41) is 10.1. The molecule has 8 aliphatic rings. The molecule has 0 aliphatic heterocycles. The Balaban J connectivity index is 0.000000191. The first kappa shape index (κ1) is 39.4. The summed E-state index contributed by atoms with van der Waals surface area (Å²) in [5.41, 5.74) is 0.552. The molecule has 0 heterocycles. The number of hydrogen-bond donors (Lipinski definition) is 1. The van der Waals surface area contributed by atoms with Gasteiger partial charge >= 0.3 is 11.9 Å². The maximum Gasteiger partial charge on any atom is 0.333 e. The van der Waals surface area contributed by atoms with Crippen LogP contribution in [0.4, 0.5) is 0 Å². The summed E-state index contributed by atoms with van der Waals surface area (Å²) in [6.45, 7) is 22.2. The zero-order valence-corrected chi connectivity index (χ0v) is 32.0. The lowest BCUT2D eigenvalue weighted by atomic mass is 9.48. The topological polar surface area (TPSA) is 91.3 Å². The number of aliphatic hydroxyl groups is 1. The Morgan fingerprint density at radius 1 is 0.729 bits per heavy atom. The van der Waals surface area contributed by atoms with Gasteiger partial charge in [-0.05, 0) is 138 Å². The molecule has 274 valence electrons. The van der Waals surface area contributed by atoms with E-state index < -0.39 is 0 Å². The number of hydrogen-bond acceptors (Lipinski definition) is 7. The number of ether oxygens (including phenoxy) is 4. The van der Waals surface area contributed by atoms with Crippen LogP contribution in [-0.4, -0.2) is 60.2 Å². The molecule has 8 aliphatic carbocycles. The molecule has 8 saturated carbocycles. The first-order valence-electron chi connectivity index (χ1n) is 18.5. The van der Waals surface area contributed by atoms with Crippen LogP contribution in [0.2, 0.25) is 0 Å². The van der Waals surface area contributed by atoms with Gasteiger partial charge in [0.1, 0.15) is 11.2 Å². The van der Waals surface area contributed by atoms with Gasteiger partial charge in [-0.3, -0.25) is 0 Å². The van der Waals surface area contributed by atoms with Crippen molar-refractivity contribution in [2.24, 2.45) is 46.3 Å². The summed E-state index contributed by atoms with van der Waals surface area (Å²) >= 11 is 5.61. The Labute approximate surface area is 295 Å². The van der Waals surface area contributed by atoms with Crippen molar-refractivity contribution in [1.82, 2.24) is 0 Å². The van der Waals surface area contributed by atoms with E-state index in [-0.39, 0.29) is 46.9 Å². The van der Waals surface area contributed by atoms with Crippen LogP contribution >= 0.6 is 11.6 Å². The Morgan fingerprint density at radius 3 is 1.42 bits per heavy atom. The first-order chi connectivity index (χ1) is 22.4. The van der Waals surface area contributed by atoms with Crippen LogP contribution in [0.1, 0.15) is 126 Å². The molecule has 0 radical (unpaired) electrons. The molecule has 0 aromatic heterocycles. The highest BCUT2D eigenvalue weighted by atomic mass is 35.5. The fraction of sp³-hybridized carbons (Fsp3) is 0.850. The maximum absolute atomic E-state index is 12.2. The zero-order chi connectivity index (χ0) is 35.7. The van der Waals surface area contributed by atoms with E-state index >= 15 is 0 Å². The van der Waals surface area contributed by atoms with E-state index in [1.165, 1.54) is 25.7 Å². The minimum absolute atomic E-state index is 0.0272. The van der Waals surface area contributed by atoms with Gasteiger partial charge in [0.25, 0.3) is 0 Å². The van der Waals surface area contributed by atoms with Crippen molar-refractivity contribution < 1.29 is 33.6 Å². The van der Waals surface area contributed by atoms with Gasteiger partial charge in [0.05, 0.1) is 6.61 Å². The normalized spacial score (nSPS) is 38.0. The Kier molecular flexibility index (Phi) is 12.7. The molecule has 8 fully saturated rings. The molecular weight excluding hydrogens is 628 g/mol. The molecule has 8 rings (SSSR count). The third-order valence-electron chi connectivity index (χ3n) is 12.2. The van der Waals surface area contributed by atoms with E-state index in [2.05, 4.69) is 40.9 Å². The summed E-state index contributed by atoms with van der Waals surface area (Å²) in [7, 11) is 1.71. The van der Waals surface area contributed by atoms with Crippen LogP contribution in [0.25, 0.3) is 0 Å². The molecule has 0 saturated heterocycles. The van der Waals surface area contributed by atoms with Gasteiger partial charge in [0.2, 0.25) is 0 Å². The molecule has 0 amide bonds. The molecular formula is C40H65ClO7. The average Bonchev–Trinajstić information content (AvgIpc) is 2.96. The van der Waals surface area contributed by atoms with Crippen LogP contribution in [0.5, 0.6) is 0 Å². The van der Waals surface area contributed by atoms with Crippen LogP contribution in [0.15, 0.2) is 24.3 Å². The van der Waals surface area contributed by atoms with Crippen LogP contribution in [0, 0.1) is 46.3 Å². The average molecular weight is 693 g/mol. The van der Waals surface area contributed by atoms with Crippen LogP contribution in [-0.2, 0) is 28.5 Å². The number of aliphatic hydroxyl groups excluding tert-OH is 1. The molecule has 1 N–H and O–H groups in total. The molecule has 0 spiro atoms. The molecule has 7 nitrogen and oxygen atoms in total. The number of carbonyl (C=O) groups excluding carboxylic acids is 2. The highest BCUT2D eigenvalue weighted by molar-refractivity contribution is 6.20. The van der Waals surface area contributed by atoms with E-state index in [1.54, 1.807) is 21.0 Å². The van der Waals surface area contributed by atoms with Crippen molar-refractivity contribution in [3.8, 4) is 0 Å². The standard InChI is InChI=1S/C20H32O4.C15H22O3.C5H11Cl/c1-13(2)17(21)24-20-9-15-6-16(10-20)8-19(7-15,11-20)12-23-18(22-5)14(3)4;1-10(2)13(17)18-15-6-11-3-12(7-15)5-14(4-11,8-15)9-16;1-4(2)5(3)6/h14-16,18H,1,6-12H2,2-5H3;11-12,16H,1,3-9H2,2H3;4-5H,1-3H3. The third-order valence-corrected chi connectivity index (χ3v) is 12.7. The van der Waals surface area contributed by atoms with Crippen molar-refractivity contribution in [3.05, 3.63) is 24.3 Å². The van der Waals surface area contributed by atoms with E-state index in [4.69, 9.17) is 30.5 Å². The smallest absolute Gasteiger partial charge is 0.333 e. The minimum atomic E-state index is -0.303. The second kappa shape index (κ2) is 15.5. The van der Waals surface area contributed by atoms with Gasteiger partial charge in [-0.2, -0.15) is 0 Å². The number of alkyl halides is 1. The summed E-state index contributed by atoms with van der Waals surface area (Å²) in [6.07, 6.45) is 12.8. The molecule has 8 heteroatoms. The Bertz CT molecular complexity index is 1140. The quantitative estimate of drug-likeness (QED) is 0.100. The van der Waals surface area contributed by atoms with Crippen LogP contribution in [0.3, 0.4) is 0 Å². The van der Waals surface area contributed by atoms with Gasteiger partial charge in [0, 0.05) is 36.2 Å². The van der Waals surface area contributed by atoms with Gasteiger partial charge in [-0.15, -0.1) is 11.6 Å². The van der Waals surface area contributed by atoms with E-state index in [0.717, 1.165) is 51.4 Å². The summed E-state index contributed by atoms with van der Waals surface area (Å²) in [5.74, 6) is 3.05. The van der Waals surface area contributed by atoms with Crippen molar-refractivity contribution in [1.29, 1.82) is 0 Å². The summed E-state index contributed by atoms with van der Waals surface area (Å²) in [6, 6.07) is 0. The van der Waals surface area contributed by atoms with Gasteiger partial charge < -0.3 is 24.1 Å². The predicted octanol–water partition coefficient (Wildman–Crippen LogP) is 8.80. The second-order valence-corrected chi connectivity index (χ2v) is 18.6. The highest BCUT2D eigenvalue weighted by Crippen LogP contribution is 2.64. The molecule has 0 aromatic carbocycles. The monoisotopic (exact) mass is 692 g/mol. The lowest BCUT2D eigenvalue weighted by Gasteiger charge is -2.61. The number of esters is 2. The molecule has 0 aromatic rings. The van der Waals surface area contributed by atoms with Gasteiger partial charge in [0.15, 0.2) is 6.29 Å². The summed E-state index contributed by atoms with van der Waals surface area (Å²) < 4.78 is 23.4.